The lowest BCUT2D eigenvalue weighted by Crippen LogP contribution is -2.50. The first-order valence-corrected chi connectivity index (χ1v) is 8.87. The third kappa shape index (κ3) is 4.47. The lowest BCUT2D eigenvalue weighted by molar-refractivity contribution is -0.122. The molecule has 0 saturated carbocycles. The minimum absolute atomic E-state index is 0.0627. The van der Waals surface area contributed by atoms with Gasteiger partial charge < -0.3 is 11.1 Å². The van der Waals surface area contributed by atoms with Crippen molar-refractivity contribution in [2.24, 2.45) is 11.8 Å². The predicted octanol–water partition coefficient (Wildman–Crippen LogP) is 3.53. The fourth-order valence-corrected chi connectivity index (χ4v) is 3.80. The smallest absolute Gasteiger partial charge is 0.241 e. The summed E-state index contributed by atoms with van der Waals surface area (Å²) < 4.78 is 0. The Hall–Kier alpha value is -1.55. The Bertz CT molecular complexity index is 533. The van der Waals surface area contributed by atoms with E-state index in [0.717, 1.165) is 42.9 Å². The number of nitrogens with zero attached hydrogens (tertiary/aromatic N) is 1. The van der Waals surface area contributed by atoms with Gasteiger partial charge in [0.25, 0.3) is 0 Å². The number of likely N-dealkylation sites (tertiary alicyclic amines) is 1. The van der Waals surface area contributed by atoms with Gasteiger partial charge >= 0.3 is 0 Å². The van der Waals surface area contributed by atoms with Gasteiger partial charge in [0.15, 0.2) is 0 Å². The fraction of sp³-hybridized carbons (Fsp3) is 0.632. The number of nitrogens with two attached hydrogens (primary N) is 1. The van der Waals surface area contributed by atoms with Crippen LogP contribution in [0.15, 0.2) is 18.2 Å². The van der Waals surface area contributed by atoms with Gasteiger partial charge in [0.2, 0.25) is 5.91 Å². The summed E-state index contributed by atoms with van der Waals surface area (Å²) in [6.45, 7) is 10.7. The Labute approximate surface area is 140 Å². The molecule has 0 aromatic heterocycles. The minimum Gasteiger partial charge on any atom is -0.398 e. The summed E-state index contributed by atoms with van der Waals surface area (Å²) in [6, 6.07) is 5.75. The average Bonchev–Trinajstić information content (AvgIpc) is 2.47. The molecule has 128 valence electrons. The molecular formula is C19H31N3O. The van der Waals surface area contributed by atoms with E-state index in [9.17, 15) is 4.79 Å². The molecule has 0 bridgehead atoms. The van der Waals surface area contributed by atoms with Crippen molar-refractivity contribution in [2.45, 2.75) is 53.0 Å². The lowest BCUT2D eigenvalue weighted by Gasteiger charge is -2.39. The molecule has 1 heterocycles. The van der Waals surface area contributed by atoms with E-state index < -0.39 is 0 Å². The van der Waals surface area contributed by atoms with E-state index in [-0.39, 0.29) is 11.9 Å². The van der Waals surface area contributed by atoms with Gasteiger partial charge in [-0.05, 0) is 48.8 Å². The Morgan fingerprint density at radius 2 is 1.96 bits per heavy atom. The molecule has 4 nitrogen and oxygen atoms in total. The van der Waals surface area contributed by atoms with Crippen LogP contribution in [-0.4, -0.2) is 29.9 Å². The molecule has 4 heteroatoms. The van der Waals surface area contributed by atoms with Crippen LogP contribution in [0, 0.1) is 11.8 Å². The number of benzene rings is 1. The van der Waals surface area contributed by atoms with Crippen LogP contribution < -0.4 is 11.1 Å². The van der Waals surface area contributed by atoms with Gasteiger partial charge in [-0.15, -0.1) is 0 Å². The van der Waals surface area contributed by atoms with Gasteiger partial charge in [0.1, 0.15) is 0 Å². The molecule has 1 saturated heterocycles. The highest BCUT2D eigenvalue weighted by Gasteiger charge is 2.30. The molecule has 1 aliphatic rings. The largest absolute Gasteiger partial charge is 0.398 e. The van der Waals surface area contributed by atoms with E-state index in [4.69, 9.17) is 5.73 Å². The third-order valence-electron chi connectivity index (χ3n) is 4.82. The molecule has 3 atom stereocenters. The van der Waals surface area contributed by atoms with Gasteiger partial charge in [-0.1, -0.05) is 33.8 Å². The standard InChI is InChI=1S/C19H31N3O/c1-5-15-7-8-16(10-17(15)20)21-19(23)18(6-2)22-11-13(3)9-14(4)12-22/h7-8,10,13-14,18H,5-6,9,11-12,20H2,1-4H3,(H,21,23). The van der Waals surface area contributed by atoms with Crippen LogP contribution in [-0.2, 0) is 11.2 Å². The highest BCUT2D eigenvalue weighted by molar-refractivity contribution is 5.95. The first-order valence-electron chi connectivity index (χ1n) is 8.87. The highest BCUT2D eigenvalue weighted by atomic mass is 16.2. The summed E-state index contributed by atoms with van der Waals surface area (Å²) in [5.74, 6) is 1.39. The Balaban J connectivity index is 2.06. The molecule has 1 aromatic rings. The van der Waals surface area contributed by atoms with Crippen LogP contribution in [0.1, 0.15) is 46.1 Å². The number of rotatable bonds is 5. The van der Waals surface area contributed by atoms with Crippen molar-refractivity contribution in [1.82, 2.24) is 4.90 Å². The van der Waals surface area contributed by atoms with Gasteiger partial charge in [0, 0.05) is 24.5 Å². The molecular weight excluding hydrogens is 286 g/mol. The van der Waals surface area contributed by atoms with Crippen molar-refractivity contribution in [2.75, 3.05) is 24.1 Å². The first kappa shape index (κ1) is 17.8. The summed E-state index contributed by atoms with van der Waals surface area (Å²) in [5, 5.41) is 3.05. The zero-order valence-electron chi connectivity index (χ0n) is 14.9. The monoisotopic (exact) mass is 317 g/mol. The van der Waals surface area contributed by atoms with Crippen molar-refractivity contribution in [3.63, 3.8) is 0 Å². The van der Waals surface area contributed by atoms with Gasteiger partial charge in [0.05, 0.1) is 6.04 Å². The molecule has 0 aliphatic carbocycles. The molecule has 1 fully saturated rings. The average molecular weight is 317 g/mol. The van der Waals surface area contributed by atoms with Crippen LogP contribution in [0.3, 0.4) is 0 Å². The molecule has 0 spiro atoms. The van der Waals surface area contributed by atoms with Crippen LogP contribution in [0.5, 0.6) is 0 Å². The Morgan fingerprint density at radius 1 is 1.30 bits per heavy atom. The van der Waals surface area contributed by atoms with E-state index in [1.807, 2.05) is 18.2 Å². The molecule has 1 aliphatic heterocycles. The van der Waals surface area contributed by atoms with E-state index in [2.05, 4.69) is 37.9 Å². The summed E-state index contributed by atoms with van der Waals surface area (Å²) in [4.78, 5) is 15.1. The number of piperidine rings is 1. The van der Waals surface area contributed by atoms with E-state index in [1.54, 1.807) is 0 Å². The number of carbonyl (C=O) groups is 1. The number of anilines is 2. The number of nitrogens with one attached hydrogen (secondary N) is 1. The number of hydrogen-bond donors (Lipinski definition) is 2. The Kier molecular flexibility index (Phi) is 6.05. The van der Waals surface area contributed by atoms with Gasteiger partial charge in [-0.3, -0.25) is 9.69 Å². The van der Waals surface area contributed by atoms with Crippen molar-refractivity contribution in [1.29, 1.82) is 0 Å². The summed E-state index contributed by atoms with van der Waals surface area (Å²) in [7, 11) is 0. The maximum atomic E-state index is 12.7. The van der Waals surface area contributed by atoms with Gasteiger partial charge in [-0.25, -0.2) is 0 Å². The van der Waals surface area contributed by atoms with Crippen molar-refractivity contribution >= 4 is 17.3 Å². The maximum absolute atomic E-state index is 12.7. The molecule has 1 amide bonds. The second kappa shape index (κ2) is 7.82. The zero-order chi connectivity index (χ0) is 17.0. The number of aryl methyl sites for hydroxylation is 1. The summed E-state index contributed by atoms with van der Waals surface area (Å²) >= 11 is 0. The Morgan fingerprint density at radius 3 is 2.48 bits per heavy atom. The van der Waals surface area contributed by atoms with Crippen LogP contribution in [0.2, 0.25) is 0 Å². The van der Waals surface area contributed by atoms with E-state index >= 15 is 0 Å². The fourth-order valence-electron chi connectivity index (χ4n) is 3.80. The van der Waals surface area contributed by atoms with Crippen molar-refractivity contribution in [3.05, 3.63) is 23.8 Å². The first-order chi connectivity index (χ1) is 10.9. The molecule has 1 aromatic carbocycles. The second-order valence-electron chi connectivity index (χ2n) is 7.08. The molecule has 23 heavy (non-hydrogen) atoms. The maximum Gasteiger partial charge on any atom is 0.241 e. The summed E-state index contributed by atoms with van der Waals surface area (Å²) in [6.07, 6.45) is 2.98. The molecule has 3 unspecified atom stereocenters. The quantitative estimate of drug-likeness (QED) is 0.817. The van der Waals surface area contributed by atoms with Crippen molar-refractivity contribution < 1.29 is 4.79 Å². The van der Waals surface area contributed by atoms with Crippen LogP contribution in [0.4, 0.5) is 11.4 Å². The molecule has 0 radical (unpaired) electrons. The highest BCUT2D eigenvalue weighted by Crippen LogP contribution is 2.25. The molecule has 3 N–H and O–H groups in total. The van der Waals surface area contributed by atoms with Crippen LogP contribution in [0.25, 0.3) is 0 Å². The zero-order valence-corrected chi connectivity index (χ0v) is 14.9. The van der Waals surface area contributed by atoms with Crippen LogP contribution >= 0.6 is 0 Å². The van der Waals surface area contributed by atoms with Crippen molar-refractivity contribution in [3.8, 4) is 0 Å². The molecule has 2 rings (SSSR count). The summed E-state index contributed by atoms with van der Waals surface area (Å²) in [5.41, 5.74) is 8.69. The topological polar surface area (TPSA) is 58.4 Å². The van der Waals surface area contributed by atoms with E-state index in [1.165, 1.54) is 6.42 Å². The SMILES string of the molecule is CCc1ccc(NC(=O)C(CC)N2CC(C)CC(C)C2)cc1N. The number of hydrogen-bond acceptors (Lipinski definition) is 3. The van der Waals surface area contributed by atoms with E-state index in [0.29, 0.717) is 11.8 Å². The third-order valence-corrected chi connectivity index (χ3v) is 4.82. The minimum atomic E-state index is -0.0627. The normalized spacial score (nSPS) is 23.5. The predicted molar refractivity (Wildman–Crippen MR) is 97.5 cm³/mol. The van der Waals surface area contributed by atoms with Gasteiger partial charge in [-0.2, -0.15) is 0 Å². The number of amides is 1. The lowest BCUT2D eigenvalue weighted by atomic mass is 9.90. The number of carbonyl (C=O) groups excluding carboxylic acids is 1. The second-order valence-corrected chi connectivity index (χ2v) is 7.08. The number of nitrogen functional groups attached to an aromatic ring is 1.